The zero-order chi connectivity index (χ0) is 16.0. The van der Waals surface area contributed by atoms with Gasteiger partial charge >= 0.3 is 0 Å². The predicted octanol–water partition coefficient (Wildman–Crippen LogP) is 0.921. The number of nitrogens with zero attached hydrogens (tertiary/aromatic N) is 5. The Hall–Kier alpha value is -2.22. The Morgan fingerprint density at radius 3 is 3.04 bits per heavy atom. The van der Waals surface area contributed by atoms with Gasteiger partial charge in [-0.15, -0.1) is 0 Å². The quantitative estimate of drug-likeness (QED) is 0.762. The van der Waals surface area contributed by atoms with E-state index >= 15 is 0 Å². The van der Waals surface area contributed by atoms with Crippen LogP contribution in [0.25, 0.3) is 0 Å². The van der Waals surface area contributed by atoms with Crippen molar-refractivity contribution in [2.75, 3.05) is 5.75 Å². The number of rotatable bonds is 2. The minimum atomic E-state index is -0.128. The highest BCUT2D eigenvalue weighted by atomic mass is 32.2. The summed E-state index contributed by atoms with van der Waals surface area (Å²) in [4.78, 5) is 39.2. The van der Waals surface area contributed by atoms with Crippen molar-refractivity contribution in [2.24, 2.45) is 0 Å². The lowest BCUT2D eigenvalue weighted by Crippen LogP contribution is -2.32. The summed E-state index contributed by atoms with van der Waals surface area (Å²) >= 11 is 1.53. The number of fused-ring (bicyclic) bond motifs is 2. The van der Waals surface area contributed by atoms with Crippen LogP contribution in [-0.2, 0) is 17.9 Å². The van der Waals surface area contributed by atoms with E-state index in [1.165, 1.54) is 18.1 Å². The zero-order valence-electron chi connectivity index (χ0n) is 12.6. The highest BCUT2D eigenvalue weighted by Gasteiger charge is 2.31. The lowest BCUT2D eigenvalue weighted by atomic mass is 10.2. The molecule has 0 spiro atoms. The van der Waals surface area contributed by atoms with Gasteiger partial charge in [0.1, 0.15) is 6.33 Å². The van der Waals surface area contributed by atoms with Gasteiger partial charge in [0.15, 0.2) is 5.16 Å². The fourth-order valence-electron chi connectivity index (χ4n) is 2.98. The minimum Gasteiger partial charge on any atom is -0.332 e. The Bertz CT molecular complexity index is 825. The summed E-state index contributed by atoms with van der Waals surface area (Å²) in [6.45, 7) is 2.81. The number of hydrogen-bond acceptors (Lipinski definition) is 6. The fraction of sp³-hybridized carbons (Fsp3) is 0.400. The Labute approximate surface area is 136 Å². The molecule has 0 aromatic carbocycles. The average Bonchev–Trinajstić information content (AvgIpc) is 3.15. The molecule has 0 radical (unpaired) electrons. The molecule has 2 aliphatic rings. The van der Waals surface area contributed by atoms with Crippen LogP contribution in [0.3, 0.4) is 0 Å². The second-order valence-electron chi connectivity index (χ2n) is 5.81. The number of aromatic nitrogens is 4. The van der Waals surface area contributed by atoms with Gasteiger partial charge in [-0.3, -0.25) is 14.2 Å². The van der Waals surface area contributed by atoms with Gasteiger partial charge in [-0.25, -0.2) is 15.0 Å². The lowest BCUT2D eigenvalue weighted by molar-refractivity contribution is -0.132. The third-order valence-corrected chi connectivity index (χ3v) is 5.36. The van der Waals surface area contributed by atoms with E-state index in [-0.39, 0.29) is 17.5 Å². The molecule has 0 aliphatic carbocycles. The van der Waals surface area contributed by atoms with Gasteiger partial charge in [-0.2, -0.15) is 0 Å². The van der Waals surface area contributed by atoms with Crippen molar-refractivity contribution in [1.29, 1.82) is 0 Å². The average molecular weight is 329 g/mol. The van der Waals surface area contributed by atoms with Crippen LogP contribution in [0.5, 0.6) is 0 Å². The SMILES string of the molecule is Cc1cnc2n(c1=O)C(CC(=O)N1Cc3cncnc3C1)CS2. The second-order valence-corrected chi connectivity index (χ2v) is 6.80. The van der Waals surface area contributed by atoms with E-state index in [9.17, 15) is 9.59 Å². The summed E-state index contributed by atoms with van der Waals surface area (Å²) in [5, 5.41) is 0.703. The molecular formula is C15H15N5O2S. The number of carbonyl (C=O) groups is 1. The van der Waals surface area contributed by atoms with Crippen LogP contribution >= 0.6 is 11.8 Å². The molecule has 1 amide bonds. The van der Waals surface area contributed by atoms with E-state index in [0.717, 1.165) is 11.3 Å². The first-order valence-electron chi connectivity index (χ1n) is 7.40. The highest BCUT2D eigenvalue weighted by molar-refractivity contribution is 7.99. The molecule has 0 saturated carbocycles. The number of carbonyl (C=O) groups excluding carboxylic acids is 1. The maximum atomic E-state index is 12.6. The Balaban J connectivity index is 1.52. The molecular weight excluding hydrogens is 314 g/mol. The molecule has 7 nitrogen and oxygen atoms in total. The van der Waals surface area contributed by atoms with Crippen LogP contribution in [0.2, 0.25) is 0 Å². The topological polar surface area (TPSA) is 81.0 Å². The monoisotopic (exact) mass is 329 g/mol. The smallest absolute Gasteiger partial charge is 0.257 e. The summed E-state index contributed by atoms with van der Waals surface area (Å²) in [7, 11) is 0. The highest BCUT2D eigenvalue weighted by Crippen LogP contribution is 2.33. The fourth-order valence-corrected chi connectivity index (χ4v) is 4.08. The molecule has 2 aromatic rings. The molecule has 4 rings (SSSR count). The number of hydrogen-bond donors (Lipinski definition) is 0. The van der Waals surface area contributed by atoms with E-state index in [0.29, 0.717) is 36.0 Å². The Kier molecular flexibility index (Phi) is 3.41. The van der Waals surface area contributed by atoms with Crippen LogP contribution in [0.4, 0.5) is 0 Å². The van der Waals surface area contributed by atoms with Crippen LogP contribution in [-0.4, -0.2) is 36.1 Å². The number of thioether (sulfide) groups is 1. The van der Waals surface area contributed by atoms with Crippen molar-refractivity contribution in [3.05, 3.63) is 45.9 Å². The number of amides is 1. The summed E-state index contributed by atoms with van der Waals surface area (Å²) in [5.74, 6) is 0.743. The second kappa shape index (κ2) is 5.45. The molecule has 23 heavy (non-hydrogen) atoms. The molecule has 8 heteroatoms. The van der Waals surface area contributed by atoms with Crippen molar-refractivity contribution in [2.45, 2.75) is 37.6 Å². The van der Waals surface area contributed by atoms with Crippen molar-refractivity contribution < 1.29 is 4.79 Å². The van der Waals surface area contributed by atoms with Gasteiger partial charge in [0.25, 0.3) is 5.56 Å². The minimum absolute atomic E-state index is 0.0369. The van der Waals surface area contributed by atoms with Crippen LogP contribution in [0, 0.1) is 6.92 Å². The van der Waals surface area contributed by atoms with Crippen molar-refractivity contribution >= 4 is 17.7 Å². The van der Waals surface area contributed by atoms with Gasteiger partial charge in [0.2, 0.25) is 5.91 Å². The predicted molar refractivity (Wildman–Crippen MR) is 83.9 cm³/mol. The first kappa shape index (κ1) is 14.4. The van der Waals surface area contributed by atoms with Gasteiger partial charge in [0, 0.05) is 42.2 Å². The summed E-state index contributed by atoms with van der Waals surface area (Å²) < 4.78 is 1.67. The Morgan fingerprint density at radius 1 is 1.35 bits per heavy atom. The molecule has 2 aliphatic heterocycles. The summed E-state index contributed by atoms with van der Waals surface area (Å²) in [5.41, 5.74) is 2.46. The first-order valence-corrected chi connectivity index (χ1v) is 8.38. The molecule has 4 heterocycles. The van der Waals surface area contributed by atoms with Crippen molar-refractivity contribution in [3.63, 3.8) is 0 Å². The third-order valence-electron chi connectivity index (χ3n) is 4.25. The van der Waals surface area contributed by atoms with E-state index in [4.69, 9.17) is 0 Å². The van der Waals surface area contributed by atoms with Crippen LogP contribution in [0.1, 0.15) is 29.3 Å². The standard InChI is InChI=1S/C15H15N5O2S/c1-9-3-17-15-20(14(9)22)11(7-23-15)2-13(21)19-5-10-4-16-8-18-12(10)6-19/h3-4,8,11H,2,5-7H2,1H3. The largest absolute Gasteiger partial charge is 0.332 e. The van der Waals surface area contributed by atoms with E-state index < -0.39 is 0 Å². The first-order chi connectivity index (χ1) is 11.1. The number of aryl methyl sites for hydroxylation is 1. The lowest BCUT2D eigenvalue weighted by Gasteiger charge is -2.19. The van der Waals surface area contributed by atoms with E-state index in [2.05, 4.69) is 15.0 Å². The molecule has 0 bridgehead atoms. The molecule has 0 N–H and O–H groups in total. The molecule has 0 saturated heterocycles. The summed E-state index contributed by atoms with van der Waals surface area (Å²) in [6, 6.07) is -0.128. The normalized spacial score (nSPS) is 18.8. The van der Waals surface area contributed by atoms with Gasteiger partial charge in [0.05, 0.1) is 18.3 Å². The third kappa shape index (κ3) is 2.42. The molecule has 2 aromatic heterocycles. The van der Waals surface area contributed by atoms with Gasteiger partial charge in [-0.05, 0) is 6.92 Å². The maximum absolute atomic E-state index is 12.6. The zero-order valence-corrected chi connectivity index (χ0v) is 13.4. The summed E-state index contributed by atoms with van der Waals surface area (Å²) in [6.07, 6.45) is 5.17. The van der Waals surface area contributed by atoms with Crippen molar-refractivity contribution in [1.82, 2.24) is 24.4 Å². The van der Waals surface area contributed by atoms with Crippen LogP contribution in [0.15, 0.2) is 28.7 Å². The molecule has 1 atom stereocenters. The van der Waals surface area contributed by atoms with E-state index in [1.807, 2.05) is 0 Å². The van der Waals surface area contributed by atoms with Crippen LogP contribution < -0.4 is 5.56 Å². The van der Waals surface area contributed by atoms with E-state index in [1.54, 1.807) is 28.8 Å². The Morgan fingerprint density at radius 2 is 2.22 bits per heavy atom. The van der Waals surface area contributed by atoms with Crippen molar-refractivity contribution in [3.8, 4) is 0 Å². The van der Waals surface area contributed by atoms with Gasteiger partial charge in [-0.1, -0.05) is 11.8 Å². The van der Waals surface area contributed by atoms with Gasteiger partial charge < -0.3 is 4.90 Å². The molecule has 0 fully saturated rings. The molecule has 118 valence electrons. The molecule has 1 unspecified atom stereocenters. The maximum Gasteiger partial charge on any atom is 0.257 e.